The number of Topliss-reactive ketones (excluding diaryl/α,β-unsaturated/α-hetero) is 1. The monoisotopic (exact) mass is 346 g/mol. The van der Waals surface area contributed by atoms with Crippen molar-refractivity contribution >= 4 is 29.0 Å². The van der Waals surface area contributed by atoms with Crippen molar-refractivity contribution < 1.29 is 9.72 Å². The van der Waals surface area contributed by atoms with Crippen LogP contribution in [0.1, 0.15) is 16.1 Å². The summed E-state index contributed by atoms with van der Waals surface area (Å²) in [6.07, 6.45) is 0. The number of nitro benzene ring substituents is 1. The number of aryl methyl sites for hydroxylation is 1. The number of ketones is 1. The van der Waals surface area contributed by atoms with Gasteiger partial charge in [-0.2, -0.15) is 9.61 Å². The van der Waals surface area contributed by atoms with Gasteiger partial charge in [0.05, 0.1) is 10.7 Å². The van der Waals surface area contributed by atoms with Crippen LogP contribution in [0, 0.1) is 17.0 Å². The minimum Gasteiger partial charge on any atom is -0.293 e. The van der Waals surface area contributed by atoms with E-state index in [1.54, 1.807) is 6.92 Å². The average molecular weight is 346 g/mol. The van der Waals surface area contributed by atoms with E-state index in [4.69, 9.17) is 0 Å². The highest BCUT2D eigenvalue weighted by Gasteiger charge is 2.14. The molecule has 0 aliphatic heterocycles. The highest BCUT2D eigenvalue weighted by Crippen LogP contribution is 2.18. The van der Waals surface area contributed by atoms with Crippen LogP contribution < -0.4 is 5.56 Å². The number of carbonyl (C=O) groups excluding carboxylic acids is 1. The molecule has 24 heavy (non-hydrogen) atoms. The maximum absolute atomic E-state index is 12.2. The molecule has 0 spiro atoms. The van der Waals surface area contributed by atoms with Crippen LogP contribution in [-0.2, 0) is 0 Å². The van der Waals surface area contributed by atoms with Crippen molar-refractivity contribution in [3.8, 4) is 0 Å². The summed E-state index contributed by atoms with van der Waals surface area (Å²) in [5.41, 5.74) is 0.185. The Balaban J connectivity index is 1.75. The van der Waals surface area contributed by atoms with Gasteiger partial charge in [0.15, 0.2) is 5.78 Å². The lowest BCUT2D eigenvalue weighted by molar-refractivity contribution is -0.384. The van der Waals surface area contributed by atoms with Gasteiger partial charge < -0.3 is 0 Å². The summed E-state index contributed by atoms with van der Waals surface area (Å²) in [6, 6.07) is 5.37. The van der Waals surface area contributed by atoms with Gasteiger partial charge in [-0.3, -0.25) is 24.7 Å². The largest absolute Gasteiger partial charge is 0.293 e. The maximum Gasteiger partial charge on any atom is 0.273 e. The lowest BCUT2D eigenvalue weighted by Gasteiger charge is -2.01. The number of carbonyl (C=O) groups is 1. The molecular formula is C13H10N6O4S. The number of aromatic nitrogens is 5. The molecule has 122 valence electrons. The summed E-state index contributed by atoms with van der Waals surface area (Å²) in [5, 5.41) is 22.7. The second kappa shape index (κ2) is 6.20. The number of benzene rings is 1. The molecule has 0 radical (unpaired) electrons. The minimum absolute atomic E-state index is 0.0540. The molecule has 0 amide bonds. The van der Waals surface area contributed by atoms with Crippen molar-refractivity contribution in [2.45, 2.75) is 12.1 Å². The van der Waals surface area contributed by atoms with Gasteiger partial charge >= 0.3 is 0 Å². The second-order valence-electron chi connectivity index (χ2n) is 4.77. The van der Waals surface area contributed by atoms with E-state index < -0.39 is 4.92 Å². The van der Waals surface area contributed by atoms with E-state index in [2.05, 4.69) is 20.3 Å². The first-order valence-electron chi connectivity index (χ1n) is 6.68. The first kappa shape index (κ1) is 15.8. The zero-order chi connectivity index (χ0) is 17.3. The van der Waals surface area contributed by atoms with E-state index in [9.17, 15) is 19.7 Å². The molecule has 0 fully saturated rings. The third kappa shape index (κ3) is 3.01. The van der Waals surface area contributed by atoms with Crippen LogP contribution in [-0.4, -0.2) is 41.3 Å². The number of nitro groups is 1. The number of nitrogens with zero attached hydrogens (tertiary/aromatic N) is 5. The molecule has 3 rings (SSSR count). The zero-order valence-corrected chi connectivity index (χ0v) is 13.1. The predicted molar refractivity (Wildman–Crippen MR) is 84.3 cm³/mol. The van der Waals surface area contributed by atoms with Gasteiger partial charge in [-0.25, -0.2) is 0 Å². The van der Waals surface area contributed by atoms with Crippen LogP contribution in [0.5, 0.6) is 0 Å². The number of hydrogen-bond donors (Lipinski definition) is 1. The molecule has 0 unspecified atom stereocenters. The standard InChI is InChI=1S/C13H10N6O4S/c1-7-11(21)14-12-15-16-13(18(12)17-7)24-6-10(20)8-2-4-9(5-3-8)19(22)23/h2-5H,6H2,1H3,(H,14,15,21). The number of fused-ring (bicyclic) bond motifs is 1. The number of rotatable bonds is 5. The molecule has 10 nitrogen and oxygen atoms in total. The first-order chi connectivity index (χ1) is 11.5. The highest BCUT2D eigenvalue weighted by atomic mass is 32.2. The molecular weight excluding hydrogens is 336 g/mol. The third-order valence-corrected chi connectivity index (χ3v) is 4.07. The molecule has 0 bridgehead atoms. The van der Waals surface area contributed by atoms with Gasteiger partial charge in [0.1, 0.15) is 5.69 Å². The molecule has 0 atom stereocenters. The molecule has 3 aromatic rings. The number of non-ortho nitro benzene ring substituents is 1. The van der Waals surface area contributed by atoms with Gasteiger partial charge in [0.2, 0.25) is 5.16 Å². The van der Waals surface area contributed by atoms with Crippen molar-refractivity contribution in [1.29, 1.82) is 0 Å². The van der Waals surface area contributed by atoms with E-state index in [-0.39, 0.29) is 34.3 Å². The Morgan fingerprint density at radius 3 is 2.71 bits per heavy atom. The van der Waals surface area contributed by atoms with Crippen LogP contribution in [0.2, 0.25) is 0 Å². The number of hydrogen-bond acceptors (Lipinski definition) is 8. The van der Waals surface area contributed by atoms with Crippen LogP contribution in [0.15, 0.2) is 34.2 Å². The zero-order valence-electron chi connectivity index (χ0n) is 12.3. The molecule has 0 saturated heterocycles. The third-order valence-electron chi connectivity index (χ3n) is 3.15. The molecule has 2 aromatic heterocycles. The summed E-state index contributed by atoms with van der Waals surface area (Å²) in [7, 11) is 0. The van der Waals surface area contributed by atoms with Crippen LogP contribution in [0.4, 0.5) is 5.69 Å². The minimum atomic E-state index is -0.528. The first-order valence-corrected chi connectivity index (χ1v) is 7.67. The van der Waals surface area contributed by atoms with E-state index >= 15 is 0 Å². The van der Waals surface area contributed by atoms with Gasteiger partial charge in [0.25, 0.3) is 17.0 Å². The molecule has 2 heterocycles. The normalized spacial score (nSPS) is 10.9. The molecule has 0 aliphatic carbocycles. The number of thioether (sulfide) groups is 1. The molecule has 1 aromatic carbocycles. The summed E-state index contributed by atoms with van der Waals surface area (Å²) >= 11 is 1.11. The Morgan fingerprint density at radius 1 is 1.33 bits per heavy atom. The number of nitrogens with one attached hydrogen (secondary N) is 1. The fourth-order valence-electron chi connectivity index (χ4n) is 1.89. The topological polar surface area (TPSA) is 136 Å². The molecule has 1 N–H and O–H groups in total. The predicted octanol–water partition coefficient (Wildman–Crippen LogP) is 1.00. The fraction of sp³-hybridized carbons (Fsp3) is 0.154. The second-order valence-corrected chi connectivity index (χ2v) is 5.72. The molecule has 0 saturated carbocycles. The van der Waals surface area contributed by atoms with E-state index in [0.29, 0.717) is 10.7 Å². The van der Waals surface area contributed by atoms with E-state index in [1.807, 2.05) is 0 Å². The quantitative estimate of drug-likeness (QED) is 0.313. The smallest absolute Gasteiger partial charge is 0.273 e. The Hall–Kier alpha value is -3.08. The summed E-state index contributed by atoms with van der Waals surface area (Å²) in [4.78, 5) is 36.2. The summed E-state index contributed by atoms with van der Waals surface area (Å²) < 4.78 is 1.35. The van der Waals surface area contributed by atoms with Crippen molar-refractivity contribution in [2.24, 2.45) is 0 Å². The molecule has 0 aliphatic rings. The van der Waals surface area contributed by atoms with E-state index in [1.165, 1.54) is 28.8 Å². The van der Waals surface area contributed by atoms with Crippen molar-refractivity contribution in [1.82, 2.24) is 24.8 Å². The lowest BCUT2D eigenvalue weighted by Crippen LogP contribution is -2.15. The van der Waals surface area contributed by atoms with Crippen molar-refractivity contribution in [3.63, 3.8) is 0 Å². The molecule has 11 heteroatoms. The van der Waals surface area contributed by atoms with Gasteiger partial charge in [0, 0.05) is 17.7 Å². The van der Waals surface area contributed by atoms with Gasteiger partial charge in [-0.1, -0.05) is 11.8 Å². The average Bonchev–Trinajstić information content (AvgIpc) is 2.95. The fourth-order valence-corrected chi connectivity index (χ4v) is 2.67. The SMILES string of the molecule is Cc1nn2c(SCC(=O)c3ccc([N+](=O)[O-])cc3)nnc2[nH]c1=O. The summed E-state index contributed by atoms with van der Waals surface area (Å²) in [5.74, 6) is 0.0297. The Kier molecular flexibility index (Phi) is 4.08. The number of H-pyrrole nitrogens is 1. The van der Waals surface area contributed by atoms with Gasteiger partial charge in [-0.15, -0.1) is 10.2 Å². The Morgan fingerprint density at radius 2 is 2.04 bits per heavy atom. The van der Waals surface area contributed by atoms with Crippen molar-refractivity contribution in [3.05, 3.63) is 56.0 Å². The number of aromatic amines is 1. The maximum atomic E-state index is 12.2. The van der Waals surface area contributed by atoms with E-state index in [0.717, 1.165) is 11.8 Å². The van der Waals surface area contributed by atoms with Crippen molar-refractivity contribution in [2.75, 3.05) is 5.75 Å². The Labute approximate surface area is 138 Å². The highest BCUT2D eigenvalue weighted by molar-refractivity contribution is 7.99. The van der Waals surface area contributed by atoms with Crippen LogP contribution in [0.3, 0.4) is 0 Å². The summed E-state index contributed by atoms with van der Waals surface area (Å²) in [6.45, 7) is 1.55. The Bertz CT molecular complexity index is 994. The lowest BCUT2D eigenvalue weighted by atomic mass is 10.1. The van der Waals surface area contributed by atoms with Crippen LogP contribution in [0.25, 0.3) is 5.78 Å². The van der Waals surface area contributed by atoms with Crippen LogP contribution >= 0.6 is 11.8 Å². The van der Waals surface area contributed by atoms with Gasteiger partial charge in [-0.05, 0) is 19.1 Å².